The van der Waals surface area contributed by atoms with E-state index in [4.69, 9.17) is 0 Å². The van der Waals surface area contributed by atoms with E-state index in [2.05, 4.69) is 11.4 Å². The van der Waals surface area contributed by atoms with Crippen LogP contribution in [-0.2, 0) is 17.8 Å². The maximum atomic E-state index is 12.9. The van der Waals surface area contributed by atoms with Crippen LogP contribution >= 0.6 is 11.3 Å². The molecule has 0 spiro atoms. The van der Waals surface area contributed by atoms with Crippen LogP contribution in [0.25, 0.3) is 0 Å². The molecule has 0 bridgehead atoms. The largest absolute Gasteiger partial charge is 0.346 e. The van der Waals surface area contributed by atoms with Gasteiger partial charge in [-0.15, -0.1) is 11.3 Å². The SMILES string of the molecule is O=C(N[C@H]1CCCN(C(=O)Cc2ccccc2)C1)c1cccn1Cc1cccs1. The number of aromatic nitrogens is 1. The van der Waals surface area contributed by atoms with Crippen molar-refractivity contribution < 1.29 is 9.59 Å². The Kier molecular flexibility index (Phi) is 6.10. The Morgan fingerprint density at radius 3 is 2.72 bits per heavy atom. The van der Waals surface area contributed by atoms with E-state index in [0.29, 0.717) is 25.2 Å². The molecule has 0 radical (unpaired) electrons. The van der Waals surface area contributed by atoms with E-state index in [1.165, 1.54) is 4.88 Å². The lowest BCUT2D eigenvalue weighted by Crippen LogP contribution is -2.50. The Morgan fingerprint density at radius 1 is 1.07 bits per heavy atom. The molecule has 0 saturated carbocycles. The zero-order valence-corrected chi connectivity index (χ0v) is 17.1. The van der Waals surface area contributed by atoms with Gasteiger partial charge in [0.2, 0.25) is 5.91 Å². The van der Waals surface area contributed by atoms with Crippen LogP contribution in [0.5, 0.6) is 0 Å². The van der Waals surface area contributed by atoms with E-state index < -0.39 is 0 Å². The maximum Gasteiger partial charge on any atom is 0.268 e. The predicted molar refractivity (Wildman–Crippen MR) is 115 cm³/mol. The number of hydrogen-bond acceptors (Lipinski definition) is 3. The lowest BCUT2D eigenvalue weighted by molar-refractivity contribution is -0.131. The summed E-state index contributed by atoms with van der Waals surface area (Å²) in [5.41, 5.74) is 1.68. The van der Waals surface area contributed by atoms with Crippen molar-refractivity contribution in [2.24, 2.45) is 0 Å². The highest BCUT2D eigenvalue weighted by atomic mass is 32.1. The minimum atomic E-state index is -0.0751. The Balaban J connectivity index is 1.35. The third-order valence-electron chi connectivity index (χ3n) is 5.28. The molecule has 1 saturated heterocycles. The summed E-state index contributed by atoms with van der Waals surface area (Å²) in [6, 6.07) is 17.6. The molecule has 4 rings (SSSR count). The number of benzene rings is 1. The van der Waals surface area contributed by atoms with Gasteiger partial charge in [0.05, 0.1) is 13.0 Å². The molecule has 3 aromatic rings. The first kappa shape index (κ1) is 19.5. The minimum absolute atomic E-state index is 0.0129. The van der Waals surface area contributed by atoms with Crippen LogP contribution in [0.15, 0.2) is 66.2 Å². The van der Waals surface area contributed by atoms with Gasteiger partial charge in [0.15, 0.2) is 0 Å². The average molecular weight is 408 g/mol. The normalized spacial score (nSPS) is 16.6. The van der Waals surface area contributed by atoms with Crippen molar-refractivity contribution in [3.8, 4) is 0 Å². The van der Waals surface area contributed by atoms with Gasteiger partial charge in [-0.1, -0.05) is 36.4 Å². The molecule has 1 N–H and O–H groups in total. The first-order valence-electron chi connectivity index (χ1n) is 9.99. The number of amides is 2. The summed E-state index contributed by atoms with van der Waals surface area (Å²) < 4.78 is 1.97. The molecule has 29 heavy (non-hydrogen) atoms. The van der Waals surface area contributed by atoms with Gasteiger partial charge in [-0.05, 0) is 42.0 Å². The van der Waals surface area contributed by atoms with E-state index in [1.54, 1.807) is 11.3 Å². The van der Waals surface area contributed by atoms with Crippen LogP contribution in [0.1, 0.15) is 33.8 Å². The minimum Gasteiger partial charge on any atom is -0.346 e. The van der Waals surface area contributed by atoms with Gasteiger partial charge in [-0.3, -0.25) is 9.59 Å². The molecule has 5 nitrogen and oxygen atoms in total. The second-order valence-corrected chi connectivity index (χ2v) is 8.45. The number of nitrogens with one attached hydrogen (secondary N) is 1. The fourth-order valence-electron chi connectivity index (χ4n) is 3.79. The highest BCUT2D eigenvalue weighted by Crippen LogP contribution is 2.15. The Hall–Kier alpha value is -2.86. The van der Waals surface area contributed by atoms with Gasteiger partial charge in [0, 0.05) is 30.2 Å². The lowest BCUT2D eigenvalue weighted by atomic mass is 10.0. The fourth-order valence-corrected chi connectivity index (χ4v) is 4.49. The quantitative estimate of drug-likeness (QED) is 0.679. The highest BCUT2D eigenvalue weighted by molar-refractivity contribution is 7.09. The average Bonchev–Trinajstić information content (AvgIpc) is 3.41. The van der Waals surface area contributed by atoms with Crippen molar-refractivity contribution in [2.75, 3.05) is 13.1 Å². The van der Waals surface area contributed by atoms with Crippen LogP contribution < -0.4 is 5.32 Å². The predicted octanol–water partition coefficient (Wildman–Crippen LogP) is 3.56. The maximum absolute atomic E-state index is 12.9. The van der Waals surface area contributed by atoms with Gasteiger partial charge in [-0.25, -0.2) is 0 Å². The molecule has 3 heterocycles. The molecule has 150 valence electrons. The third kappa shape index (κ3) is 4.95. The number of carbonyl (C=O) groups is 2. The monoisotopic (exact) mass is 407 g/mol. The molecule has 1 aliphatic heterocycles. The number of piperidine rings is 1. The summed E-state index contributed by atoms with van der Waals surface area (Å²) >= 11 is 1.68. The van der Waals surface area contributed by atoms with Crippen LogP contribution in [0.3, 0.4) is 0 Å². The first-order chi connectivity index (χ1) is 14.2. The number of rotatable bonds is 6. The standard InChI is InChI=1S/C23H25N3O2S/c27-22(15-18-7-2-1-3-8-18)26-13-4-9-19(16-26)24-23(28)21-11-5-12-25(21)17-20-10-6-14-29-20/h1-3,5-8,10-12,14,19H,4,9,13,15-17H2,(H,24,28)/t19-/m0/s1. The number of likely N-dealkylation sites (tertiary alicyclic amines) is 1. The van der Waals surface area contributed by atoms with Gasteiger partial charge in [-0.2, -0.15) is 0 Å². The van der Waals surface area contributed by atoms with Crippen LogP contribution in [0, 0.1) is 0 Å². The number of nitrogens with zero attached hydrogens (tertiary/aromatic N) is 2. The van der Waals surface area contributed by atoms with Crippen LogP contribution in [-0.4, -0.2) is 40.4 Å². The fraction of sp³-hybridized carbons (Fsp3) is 0.304. The zero-order chi connectivity index (χ0) is 20.1. The number of hydrogen-bond donors (Lipinski definition) is 1. The van der Waals surface area contributed by atoms with Gasteiger partial charge in [0.25, 0.3) is 5.91 Å². The van der Waals surface area contributed by atoms with Crippen molar-refractivity contribution in [3.63, 3.8) is 0 Å². The molecule has 1 atom stereocenters. The molecular formula is C23H25N3O2S. The lowest BCUT2D eigenvalue weighted by Gasteiger charge is -2.33. The molecular weight excluding hydrogens is 382 g/mol. The van der Waals surface area contributed by atoms with Gasteiger partial charge in [0.1, 0.15) is 5.69 Å². The molecule has 1 fully saturated rings. The molecule has 2 amide bonds. The third-order valence-corrected chi connectivity index (χ3v) is 6.14. The van der Waals surface area contributed by atoms with E-state index in [0.717, 1.165) is 24.9 Å². The summed E-state index contributed by atoms with van der Waals surface area (Å²) in [5.74, 6) is 0.0464. The second kappa shape index (κ2) is 9.09. The molecule has 1 aromatic carbocycles. The van der Waals surface area contributed by atoms with E-state index in [1.807, 2.05) is 69.6 Å². The smallest absolute Gasteiger partial charge is 0.268 e. The second-order valence-electron chi connectivity index (χ2n) is 7.42. The Morgan fingerprint density at radius 2 is 1.93 bits per heavy atom. The zero-order valence-electron chi connectivity index (χ0n) is 16.3. The van der Waals surface area contributed by atoms with Gasteiger partial charge < -0.3 is 14.8 Å². The van der Waals surface area contributed by atoms with Crippen molar-refractivity contribution in [2.45, 2.75) is 31.8 Å². The highest BCUT2D eigenvalue weighted by Gasteiger charge is 2.25. The summed E-state index contributed by atoms with van der Waals surface area (Å²) in [5, 5.41) is 5.18. The number of thiophene rings is 1. The molecule has 1 aliphatic rings. The summed E-state index contributed by atoms with van der Waals surface area (Å²) in [4.78, 5) is 28.6. The summed E-state index contributed by atoms with van der Waals surface area (Å²) in [7, 11) is 0. The van der Waals surface area contributed by atoms with Gasteiger partial charge >= 0.3 is 0 Å². The molecule has 2 aromatic heterocycles. The Labute approximate surface area is 175 Å². The summed E-state index contributed by atoms with van der Waals surface area (Å²) in [6.07, 6.45) is 4.14. The van der Waals surface area contributed by atoms with Crippen molar-refractivity contribution >= 4 is 23.2 Å². The number of carbonyl (C=O) groups excluding carboxylic acids is 2. The van der Waals surface area contributed by atoms with Crippen molar-refractivity contribution in [3.05, 3.63) is 82.3 Å². The van der Waals surface area contributed by atoms with E-state index in [-0.39, 0.29) is 17.9 Å². The van der Waals surface area contributed by atoms with Crippen LogP contribution in [0.2, 0.25) is 0 Å². The first-order valence-corrected chi connectivity index (χ1v) is 10.9. The molecule has 0 aliphatic carbocycles. The molecule has 6 heteroatoms. The van der Waals surface area contributed by atoms with Crippen molar-refractivity contribution in [1.29, 1.82) is 0 Å². The van der Waals surface area contributed by atoms with Crippen molar-refractivity contribution in [1.82, 2.24) is 14.8 Å². The summed E-state index contributed by atoms with van der Waals surface area (Å²) in [6.45, 7) is 2.02. The van der Waals surface area contributed by atoms with E-state index >= 15 is 0 Å². The molecule has 0 unspecified atom stereocenters. The topological polar surface area (TPSA) is 54.3 Å². The van der Waals surface area contributed by atoms with E-state index in [9.17, 15) is 9.59 Å². The van der Waals surface area contributed by atoms with Crippen LogP contribution in [0.4, 0.5) is 0 Å². The Bertz CT molecular complexity index is 950.